The van der Waals surface area contributed by atoms with Crippen LogP contribution in [-0.2, 0) is 9.53 Å². The lowest BCUT2D eigenvalue weighted by molar-refractivity contribution is -0.127. The summed E-state index contributed by atoms with van der Waals surface area (Å²) in [7, 11) is 1.59. The molecule has 0 spiro atoms. The monoisotopic (exact) mass is 372 g/mol. The highest BCUT2D eigenvalue weighted by atomic mass is 16.5. The van der Waals surface area contributed by atoms with Gasteiger partial charge in [-0.1, -0.05) is 18.2 Å². The summed E-state index contributed by atoms with van der Waals surface area (Å²) in [6.45, 7) is 1.64. The lowest BCUT2D eigenvalue weighted by Gasteiger charge is -2.42. The molecule has 2 amide bonds. The second kappa shape index (κ2) is 8.68. The van der Waals surface area contributed by atoms with Crippen LogP contribution in [0.25, 0.3) is 0 Å². The quantitative estimate of drug-likeness (QED) is 0.716. The van der Waals surface area contributed by atoms with E-state index in [1.807, 2.05) is 30.3 Å². The van der Waals surface area contributed by atoms with E-state index in [-0.39, 0.29) is 24.1 Å². The Hall–Kier alpha value is -2.87. The predicted octanol–water partition coefficient (Wildman–Crippen LogP) is 1.52. The molecule has 1 aliphatic rings. The Labute approximate surface area is 157 Å². The molecular weight excluding hydrogens is 348 g/mol. The zero-order valence-corrected chi connectivity index (χ0v) is 15.3. The summed E-state index contributed by atoms with van der Waals surface area (Å²) in [6, 6.07) is 9.53. The molecule has 1 fully saturated rings. The first kappa shape index (κ1) is 18.9. The number of ether oxygens (including phenoxy) is 1. The van der Waals surface area contributed by atoms with Crippen molar-refractivity contribution in [1.82, 2.24) is 15.2 Å². The number of oxazole rings is 1. The summed E-state index contributed by atoms with van der Waals surface area (Å²) in [5, 5.41) is 6.27. The van der Waals surface area contributed by atoms with Gasteiger partial charge in [-0.3, -0.25) is 9.59 Å². The molecule has 0 radical (unpaired) electrons. The van der Waals surface area contributed by atoms with Crippen LogP contribution in [0.1, 0.15) is 23.3 Å². The van der Waals surface area contributed by atoms with Crippen LogP contribution in [0.5, 0.6) is 0 Å². The molecule has 1 saturated heterocycles. The maximum atomic E-state index is 13.1. The van der Waals surface area contributed by atoms with Gasteiger partial charge in [-0.2, -0.15) is 0 Å². The maximum absolute atomic E-state index is 13.1. The van der Waals surface area contributed by atoms with Crippen molar-refractivity contribution in [3.63, 3.8) is 0 Å². The van der Waals surface area contributed by atoms with Crippen molar-refractivity contribution in [2.45, 2.75) is 18.4 Å². The van der Waals surface area contributed by atoms with Crippen LogP contribution in [0.15, 0.2) is 47.4 Å². The van der Waals surface area contributed by atoms with Crippen molar-refractivity contribution in [2.75, 3.05) is 38.7 Å². The highest BCUT2D eigenvalue weighted by Crippen LogP contribution is 2.27. The van der Waals surface area contributed by atoms with Crippen LogP contribution in [0.2, 0.25) is 0 Å². The SMILES string of the molecule is COCCNC(=O)C1(Nc2ccccc2)CCCN(C(=O)c2cocn2)C1. The Morgan fingerprint density at radius 3 is 2.85 bits per heavy atom. The van der Waals surface area contributed by atoms with E-state index < -0.39 is 5.54 Å². The van der Waals surface area contributed by atoms with E-state index in [9.17, 15) is 9.59 Å². The molecule has 0 saturated carbocycles. The number of amides is 2. The Kier molecular flexibility index (Phi) is 6.08. The lowest BCUT2D eigenvalue weighted by atomic mass is 9.87. The summed E-state index contributed by atoms with van der Waals surface area (Å²) in [5.41, 5.74) is 0.146. The third kappa shape index (κ3) is 4.46. The summed E-state index contributed by atoms with van der Waals surface area (Å²) in [6.07, 6.45) is 3.86. The van der Waals surface area contributed by atoms with Gasteiger partial charge < -0.3 is 24.7 Å². The number of nitrogens with zero attached hydrogens (tertiary/aromatic N) is 2. The van der Waals surface area contributed by atoms with Gasteiger partial charge in [-0.25, -0.2) is 4.98 Å². The van der Waals surface area contributed by atoms with Crippen molar-refractivity contribution in [2.24, 2.45) is 0 Å². The van der Waals surface area contributed by atoms with E-state index in [2.05, 4.69) is 15.6 Å². The number of para-hydroxylation sites is 1. The fourth-order valence-electron chi connectivity index (χ4n) is 3.29. The molecule has 3 rings (SSSR count). The van der Waals surface area contributed by atoms with E-state index >= 15 is 0 Å². The highest BCUT2D eigenvalue weighted by Gasteiger charge is 2.43. The van der Waals surface area contributed by atoms with Crippen LogP contribution < -0.4 is 10.6 Å². The molecule has 0 aliphatic carbocycles. The van der Waals surface area contributed by atoms with Crippen LogP contribution in [0.3, 0.4) is 0 Å². The second-order valence-electron chi connectivity index (χ2n) is 6.53. The number of carbonyl (C=O) groups is 2. The minimum absolute atomic E-state index is 0.152. The number of likely N-dealkylation sites (tertiary alicyclic amines) is 1. The van der Waals surface area contributed by atoms with Crippen molar-refractivity contribution in [1.29, 1.82) is 0 Å². The molecule has 8 heteroatoms. The van der Waals surface area contributed by atoms with Gasteiger partial charge in [-0.15, -0.1) is 0 Å². The van der Waals surface area contributed by atoms with Gasteiger partial charge in [0, 0.05) is 25.9 Å². The van der Waals surface area contributed by atoms with E-state index in [1.165, 1.54) is 12.7 Å². The van der Waals surface area contributed by atoms with Gasteiger partial charge in [0.2, 0.25) is 5.91 Å². The first-order valence-electron chi connectivity index (χ1n) is 8.92. The molecule has 0 bridgehead atoms. The van der Waals surface area contributed by atoms with Crippen molar-refractivity contribution >= 4 is 17.5 Å². The van der Waals surface area contributed by atoms with Crippen LogP contribution in [-0.4, -0.2) is 60.6 Å². The topological polar surface area (TPSA) is 96.7 Å². The van der Waals surface area contributed by atoms with E-state index in [4.69, 9.17) is 9.15 Å². The van der Waals surface area contributed by atoms with Gasteiger partial charge >= 0.3 is 0 Å². The number of piperidine rings is 1. The van der Waals surface area contributed by atoms with Gasteiger partial charge in [-0.05, 0) is 25.0 Å². The first-order valence-corrected chi connectivity index (χ1v) is 8.92. The summed E-state index contributed by atoms with van der Waals surface area (Å²) >= 11 is 0. The number of anilines is 1. The Balaban J connectivity index is 1.81. The molecule has 1 aromatic heterocycles. The molecule has 2 N–H and O–H groups in total. The minimum Gasteiger partial charge on any atom is -0.451 e. The standard InChI is InChI=1S/C19H24N4O4/c1-26-11-9-20-18(25)19(22-15-6-3-2-4-7-15)8-5-10-23(13-19)17(24)16-12-27-14-21-16/h2-4,6-7,12,14,22H,5,8-11,13H2,1H3,(H,20,25). The van der Waals surface area contributed by atoms with Crippen LogP contribution >= 0.6 is 0 Å². The maximum Gasteiger partial charge on any atom is 0.275 e. The fraction of sp³-hybridized carbons (Fsp3) is 0.421. The van der Waals surface area contributed by atoms with Crippen molar-refractivity contribution in [3.8, 4) is 0 Å². The number of hydrogen-bond donors (Lipinski definition) is 2. The number of carbonyl (C=O) groups excluding carboxylic acids is 2. The van der Waals surface area contributed by atoms with Gasteiger partial charge in [0.15, 0.2) is 12.1 Å². The number of methoxy groups -OCH3 is 1. The molecule has 1 aliphatic heterocycles. The van der Waals surface area contributed by atoms with Crippen LogP contribution in [0, 0.1) is 0 Å². The normalized spacial score (nSPS) is 19.5. The summed E-state index contributed by atoms with van der Waals surface area (Å²) in [4.78, 5) is 31.3. The average Bonchev–Trinajstić information content (AvgIpc) is 3.23. The third-order valence-corrected chi connectivity index (χ3v) is 4.61. The van der Waals surface area contributed by atoms with Gasteiger partial charge in [0.25, 0.3) is 5.91 Å². The second-order valence-corrected chi connectivity index (χ2v) is 6.53. The number of benzene rings is 1. The average molecular weight is 372 g/mol. The minimum atomic E-state index is -0.924. The van der Waals surface area contributed by atoms with Crippen molar-refractivity contribution < 1.29 is 18.7 Å². The Morgan fingerprint density at radius 1 is 1.33 bits per heavy atom. The highest BCUT2D eigenvalue weighted by molar-refractivity contribution is 5.94. The number of nitrogens with one attached hydrogen (secondary N) is 2. The molecule has 1 unspecified atom stereocenters. The molecule has 144 valence electrons. The van der Waals surface area contributed by atoms with Crippen molar-refractivity contribution in [3.05, 3.63) is 48.7 Å². The van der Waals surface area contributed by atoms with E-state index in [0.717, 1.165) is 5.69 Å². The largest absolute Gasteiger partial charge is 0.451 e. The molecule has 1 atom stereocenters. The first-order chi connectivity index (χ1) is 13.1. The van der Waals surface area contributed by atoms with E-state index in [1.54, 1.807) is 12.0 Å². The molecule has 8 nitrogen and oxygen atoms in total. The molecule has 2 heterocycles. The zero-order chi connectivity index (χ0) is 19.1. The van der Waals surface area contributed by atoms with E-state index in [0.29, 0.717) is 32.5 Å². The van der Waals surface area contributed by atoms with Crippen LogP contribution in [0.4, 0.5) is 5.69 Å². The third-order valence-electron chi connectivity index (χ3n) is 4.61. The summed E-state index contributed by atoms with van der Waals surface area (Å²) < 4.78 is 9.94. The fourth-order valence-corrected chi connectivity index (χ4v) is 3.29. The Bertz CT molecular complexity index is 750. The molecule has 1 aromatic carbocycles. The molecular formula is C19H24N4O4. The summed E-state index contributed by atoms with van der Waals surface area (Å²) in [5.74, 6) is -0.395. The smallest absolute Gasteiger partial charge is 0.275 e. The number of rotatable bonds is 7. The number of aromatic nitrogens is 1. The molecule has 2 aromatic rings. The Morgan fingerprint density at radius 2 is 2.15 bits per heavy atom. The lowest BCUT2D eigenvalue weighted by Crippen LogP contribution is -2.62. The molecule has 27 heavy (non-hydrogen) atoms. The van der Waals surface area contributed by atoms with Gasteiger partial charge in [0.05, 0.1) is 13.2 Å². The number of hydrogen-bond acceptors (Lipinski definition) is 6. The predicted molar refractivity (Wildman–Crippen MR) is 99.3 cm³/mol. The zero-order valence-electron chi connectivity index (χ0n) is 15.3. The van der Waals surface area contributed by atoms with Gasteiger partial charge in [0.1, 0.15) is 11.8 Å².